The molecule has 0 fully saturated rings. The predicted molar refractivity (Wildman–Crippen MR) is 76.6 cm³/mol. The molecule has 1 aromatic carbocycles. The van der Waals surface area contributed by atoms with Gasteiger partial charge >= 0.3 is 0 Å². The van der Waals surface area contributed by atoms with Crippen LogP contribution in [0.15, 0.2) is 18.2 Å². The standard InChI is InChI=1S/C16H20N2O/c1-19-15-7-10-18-14-6-9-17-8-5-11(14)12-3-2-4-13(15)16(12)18/h2-4,15,17H,5-10H2,1H3. The average Bonchev–Trinajstić information content (AvgIpc) is 2.64. The van der Waals surface area contributed by atoms with E-state index in [1.165, 1.54) is 16.5 Å². The minimum atomic E-state index is 0.271. The number of benzene rings is 1. The second-order valence-electron chi connectivity index (χ2n) is 5.58. The summed E-state index contributed by atoms with van der Waals surface area (Å²) in [5.41, 5.74) is 5.94. The number of ether oxygens (including phenoxy) is 1. The van der Waals surface area contributed by atoms with E-state index >= 15 is 0 Å². The van der Waals surface area contributed by atoms with Crippen molar-refractivity contribution in [3.05, 3.63) is 35.0 Å². The van der Waals surface area contributed by atoms with Crippen molar-refractivity contribution >= 4 is 10.9 Å². The lowest BCUT2D eigenvalue weighted by Gasteiger charge is -2.25. The topological polar surface area (TPSA) is 26.2 Å². The van der Waals surface area contributed by atoms with Crippen LogP contribution in [0.25, 0.3) is 10.9 Å². The average molecular weight is 256 g/mol. The van der Waals surface area contributed by atoms with E-state index in [0.717, 1.165) is 38.9 Å². The van der Waals surface area contributed by atoms with E-state index in [1.54, 1.807) is 11.3 Å². The van der Waals surface area contributed by atoms with E-state index in [2.05, 4.69) is 28.1 Å². The van der Waals surface area contributed by atoms with Crippen molar-refractivity contribution in [1.29, 1.82) is 0 Å². The van der Waals surface area contributed by atoms with Crippen LogP contribution in [-0.2, 0) is 24.1 Å². The lowest BCUT2D eigenvalue weighted by Crippen LogP contribution is -2.19. The van der Waals surface area contributed by atoms with Crippen LogP contribution in [0.2, 0.25) is 0 Å². The number of aromatic nitrogens is 1. The number of hydrogen-bond acceptors (Lipinski definition) is 2. The molecule has 0 saturated heterocycles. The zero-order chi connectivity index (χ0) is 12.8. The van der Waals surface area contributed by atoms with Gasteiger partial charge < -0.3 is 14.6 Å². The summed E-state index contributed by atoms with van der Waals surface area (Å²) in [5.74, 6) is 0. The summed E-state index contributed by atoms with van der Waals surface area (Å²) in [6.45, 7) is 3.30. The fourth-order valence-electron chi connectivity index (χ4n) is 3.82. The van der Waals surface area contributed by atoms with Gasteiger partial charge in [0.2, 0.25) is 0 Å². The van der Waals surface area contributed by atoms with Crippen LogP contribution in [0.5, 0.6) is 0 Å². The molecule has 2 aliphatic heterocycles. The molecule has 2 aromatic rings. The number of fused-ring (bicyclic) bond motifs is 3. The Labute approximate surface area is 113 Å². The van der Waals surface area contributed by atoms with Crippen LogP contribution in [0, 0.1) is 0 Å². The van der Waals surface area contributed by atoms with Gasteiger partial charge in [-0.3, -0.25) is 0 Å². The third-order valence-corrected chi connectivity index (χ3v) is 4.67. The van der Waals surface area contributed by atoms with Gasteiger partial charge in [0.1, 0.15) is 0 Å². The fraction of sp³-hybridized carbons (Fsp3) is 0.500. The van der Waals surface area contributed by atoms with Crippen molar-refractivity contribution in [3.63, 3.8) is 0 Å². The monoisotopic (exact) mass is 256 g/mol. The first-order chi connectivity index (χ1) is 9.40. The van der Waals surface area contributed by atoms with Gasteiger partial charge in [-0.05, 0) is 24.9 Å². The number of nitrogens with zero attached hydrogens (tertiary/aromatic N) is 1. The quantitative estimate of drug-likeness (QED) is 0.848. The van der Waals surface area contributed by atoms with Crippen molar-refractivity contribution in [2.45, 2.75) is 31.9 Å². The van der Waals surface area contributed by atoms with Crippen LogP contribution >= 0.6 is 0 Å². The van der Waals surface area contributed by atoms with Gasteiger partial charge in [0.15, 0.2) is 0 Å². The molecule has 19 heavy (non-hydrogen) atoms. The summed E-state index contributed by atoms with van der Waals surface area (Å²) < 4.78 is 8.23. The van der Waals surface area contributed by atoms with E-state index in [9.17, 15) is 0 Å². The second kappa shape index (κ2) is 4.36. The third kappa shape index (κ3) is 1.58. The Kier molecular flexibility index (Phi) is 2.64. The van der Waals surface area contributed by atoms with Crippen molar-refractivity contribution in [3.8, 4) is 0 Å². The maximum atomic E-state index is 5.67. The molecule has 0 bridgehead atoms. The highest BCUT2D eigenvalue weighted by atomic mass is 16.5. The molecule has 3 heterocycles. The molecular formula is C16H20N2O. The summed E-state index contributed by atoms with van der Waals surface area (Å²) in [6, 6.07) is 6.72. The minimum Gasteiger partial charge on any atom is -0.377 e. The number of methoxy groups -OCH3 is 1. The largest absolute Gasteiger partial charge is 0.377 e. The van der Waals surface area contributed by atoms with Gasteiger partial charge in [-0.15, -0.1) is 0 Å². The molecule has 4 rings (SSSR count). The lowest BCUT2D eigenvalue weighted by atomic mass is 9.99. The zero-order valence-electron chi connectivity index (χ0n) is 11.4. The molecule has 0 saturated carbocycles. The molecule has 0 amide bonds. The maximum absolute atomic E-state index is 5.67. The Bertz CT molecular complexity index is 629. The first-order valence-electron chi connectivity index (χ1n) is 7.26. The van der Waals surface area contributed by atoms with Crippen molar-refractivity contribution in [2.75, 3.05) is 20.2 Å². The van der Waals surface area contributed by atoms with Gasteiger partial charge in [0.05, 0.1) is 11.6 Å². The number of hydrogen-bond donors (Lipinski definition) is 1. The highest BCUT2D eigenvalue weighted by Gasteiger charge is 2.27. The number of nitrogens with one attached hydrogen (secondary N) is 1. The molecule has 0 aliphatic carbocycles. The first-order valence-corrected chi connectivity index (χ1v) is 7.26. The van der Waals surface area contributed by atoms with Crippen LogP contribution < -0.4 is 5.32 Å². The Morgan fingerprint density at radius 2 is 2.16 bits per heavy atom. The lowest BCUT2D eigenvalue weighted by molar-refractivity contribution is 0.0885. The Balaban J connectivity index is 2.03. The predicted octanol–water partition coefficient (Wildman–Crippen LogP) is 2.42. The molecule has 1 atom stereocenters. The molecule has 0 radical (unpaired) electrons. The minimum absolute atomic E-state index is 0.271. The molecule has 100 valence electrons. The number of aryl methyl sites for hydroxylation is 1. The number of rotatable bonds is 1. The second-order valence-corrected chi connectivity index (χ2v) is 5.58. The van der Waals surface area contributed by atoms with E-state index in [4.69, 9.17) is 4.74 Å². The maximum Gasteiger partial charge on any atom is 0.0858 e. The summed E-state index contributed by atoms with van der Waals surface area (Å²) in [4.78, 5) is 0. The summed E-state index contributed by atoms with van der Waals surface area (Å²) in [7, 11) is 1.83. The normalized spacial score (nSPS) is 22.3. The Morgan fingerprint density at radius 1 is 1.26 bits per heavy atom. The Morgan fingerprint density at radius 3 is 3.05 bits per heavy atom. The molecule has 3 nitrogen and oxygen atoms in total. The van der Waals surface area contributed by atoms with Crippen molar-refractivity contribution < 1.29 is 4.74 Å². The summed E-state index contributed by atoms with van der Waals surface area (Å²) in [6.07, 6.45) is 3.67. The summed E-state index contributed by atoms with van der Waals surface area (Å²) >= 11 is 0. The molecule has 3 heteroatoms. The smallest absolute Gasteiger partial charge is 0.0858 e. The molecule has 0 spiro atoms. The van der Waals surface area contributed by atoms with E-state index in [1.807, 2.05) is 7.11 Å². The molecule has 1 unspecified atom stereocenters. The molecule has 1 N–H and O–H groups in total. The highest BCUT2D eigenvalue weighted by Crippen LogP contribution is 2.38. The van der Waals surface area contributed by atoms with Crippen LogP contribution in [0.1, 0.15) is 29.3 Å². The van der Waals surface area contributed by atoms with Gasteiger partial charge in [-0.25, -0.2) is 0 Å². The molecular weight excluding hydrogens is 236 g/mol. The van der Waals surface area contributed by atoms with Gasteiger partial charge in [0, 0.05) is 43.3 Å². The van der Waals surface area contributed by atoms with E-state index < -0.39 is 0 Å². The molecule has 2 aliphatic rings. The molecule has 1 aromatic heterocycles. The third-order valence-electron chi connectivity index (χ3n) is 4.67. The van der Waals surface area contributed by atoms with Crippen LogP contribution in [-0.4, -0.2) is 24.8 Å². The summed E-state index contributed by atoms with van der Waals surface area (Å²) in [5, 5.41) is 4.97. The Hall–Kier alpha value is -1.32. The van der Waals surface area contributed by atoms with Crippen molar-refractivity contribution in [2.24, 2.45) is 0 Å². The highest BCUT2D eigenvalue weighted by molar-refractivity contribution is 5.89. The van der Waals surface area contributed by atoms with Crippen molar-refractivity contribution in [1.82, 2.24) is 9.88 Å². The SMILES string of the molecule is COC1CCn2c3c(c4cccc1c42)CCNCC3. The van der Waals surface area contributed by atoms with Crippen LogP contribution in [0.3, 0.4) is 0 Å². The first kappa shape index (κ1) is 11.5. The van der Waals surface area contributed by atoms with E-state index in [0.29, 0.717) is 0 Å². The van der Waals surface area contributed by atoms with Gasteiger partial charge in [-0.2, -0.15) is 0 Å². The zero-order valence-corrected chi connectivity index (χ0v) is 11.4. The van der Waals surface area contributed by atoms with Gasteiger partial charge in [-0.1, -0.05) is 18.2 Å². The fourth-order valence-corrected chi connectivity index (χ4v) is 3.82. The number of para-hydroxylation sites is 1. The van der Waals surface area contributed by atoms with Crippen LogP contribution in [0.4, 0.5) is 0 Å². The van der Waals surface area contributed by atoms with Gasteiger partial charge in [0.25, 0.3) is 0 Å². The van der Waals surface area contributed by atoms with E-state index in [-0.39, 0.29) is 6.10 Å².